The van der Waals surface area contributed by atoms with E-state index in [0.717, 1.165) is 4.90 Å². The zero-order valence-corrected chi connectivity index (χ0v) is 22.8. The summed E-state index contributed by atoms with van der Waals surface area (Å²) in [5, 5.41) is 15.1. The van der Waals surface area contributed by atoms with Crippen molar-refractivity contribution in [3.8, 4) is 17.2 Å². The van der Waals surface area contributed by atoms with Gasteiger partial charge >= 0.3 is 5.92 Å². The molecule has 2 fully saturated rings. The molecule has 0 bridgehead atoms. The molecule has 1 unspecified atom stereocenters. The highest BCUT2D eigenvalue weighted by Crippen LogP contribution is 2.55. The van der Waals surface area contributed by atoms with Gasteiger partial charge in [-0.3, -0.25) is 4.79 Å². The van der Waals surface area contributed by atoms with Crippen LogP contribution in [0.3, 0.4) is 0 Å². The molecule has 1 aromatic heterocycles. The molecule has 2 aromatic rings. The number of rotatable bonds is 8. The lowest BCUT2D eigenvalue weighted by atomic mass is 9.58. The third-order valence-electron chi connectivity index (χ3n) is 7.36. The Morgan fingerprint density at radius 3 is 2.42 bits per heavy atom. The van der Waals surface area contributed by atoms with Crippen LogP contribution < -0.4 is 14.2 Å². The molecular weight excluding hydrogens is 500 g/mol. The van der Waals surface area contributed by atoms with Crippen molar-refractivity contribution in [3.05, 3.63) is 29.9 Å². The molecule has 1 N–H and O–H groups in total. The number of ether oxygens (including phenoxy) is 3. The standard InChI is InChI=1S/C27H37F2N3O6/c1-24(2)14-25(3,4)16-26(34,15-24)27(28,29)23(33)32-11-7-8-18(32)22-30-21(31-38-22)13-37-17-9-10-19(35-5)20(12-17)36-6/h9-10,12,18,34H,7-8,11,13-16H2,1-6H3. The van der Waals surface area contributed by atoms with E-state index in [2.05, 4.69) is 10.1 Å². The van der Waals surface area contributed by atoms with Crippen LogP contribution in [0.25, 0.3) is 0 Å². The van der Waals surface area contributed by atoms with Gasteiger partial charge < -0.3 is 28.7 Å². The Hall–Kier alpha value is -2.95. The van der Waals surface area contributed by atoms with E-state index in [-0.39, 0.29) is 37.7 Å². The number of alkyl halides is 2. The smallest absolute Gasteiger partial charge is 0.352 e. The largest absolute Gasteiger partial charge is 0.493 e. The summed E-state index contributed by atoms with van der Waals surface area (Å²) in [7, 11) is 3.04. The summed E-state index contributed by atoms with van der Waals surface area (Å²) in [4.78, 5) is 18.7. The fourth-order valence-corrected chi connectivity index (χ4v) is 6.45. The second kappa shape index (κ2) is 9.98. The number of likely N-dealkylation sites (tertiary alicyclic amines) is 1. The predicted octanol–water partition coefficient (Wildman–Crippen LogP) is 4.93. The summed E-state index contributed by atoms with van der Waals surface area (Å²) in [5.74, 6) is -3.58. The van der Waals surface area contributed by atoms with E-state index in [1.807, 2.05) is 27.7 Å². The molecule has 1 saturated heterocycles. The molecule has 0 spiro atoms. The van der Waals surface area contributed by atoms with Crippen LogP contribution in [-0.4, -0.2) is 58.3 Å². The Morgan fingerprint density at radius 1 is 1.13 bits per heavy atom. The maximum Gasteiger partial charge on any atom is 0.352 e. The van der Waals surface area contributed by atoms with Crippen LogP contribution in [0.4, 0.5) is 8.78 Å². The Morgan fingerprint density at radius 2 is 1.79 bits per heavy atom. The second-order valence-corrected chi connectivity index (χ2v) is 12.0. The molecular formula is C27H37F2N3O6. The minimum absolute atomic E-state index is 0.0419. The van der Waals surface area contributed by atoms with Crippen molar-refractivity contribution in [3.63, 3.8) is 0 Å². The average Bonchev–Trinajstić information content (AvgIpc) is 3.49. The van der Waals surface area contributed by atoms with E-state index in [9.17, 15) is 9.90 Å². The molecule has 1 atom stereocenters. The van der Waals surface area contributed by atoms with E-state index in [1.54, 1.807) is 18.2 Å². The SMILES string of the molecule is COc1ccc(OCc2noc(C3CCCN3C(=O)C(F)(F)C3(O)CC(C)(C)CC(C)(C)C3)n2)cc1OC. The summed E-state index contributed by atoms with van der Waals surface area (Å²) in [6.07, 6.45) is 1.24. The summed E-state index contributed by atoms with van der Waals surface area (Å²) in [6, 6.07) is 4.24. The lowest BCUT2D eigenvalue weighted by Crippen LogP contribution is -2.62. The number of hydrogen-bond donors (Lipinski definition) is 1. The van der Waals surface area contributed by atoms with Crippen molar-refractivity contribution in [2.24, 2.45) is 10.8 Å². The number of benzene rings is 1. The first-order valence-electron chi connectivity index (χ1n) is 12.8. The molecule has 210 valence electrons. The van der Waals surface area contributed by atoms with Gasteiger partial charge in [-0.15, -0.1) is 0 Å². The highest BCUT2D eigenvalue weighted by Gasteiger charge is 2.65. The van der Waals surface area contributed by atoms with E-state index < -0.39 is 34.3 Å². The number of carbonyl (C=O) groups excluding carboxylic acids is 1. The highest BCUT2D eigenvalue weighted by molar-refractivity contribution is 5.85. The number of amides is 1. The number of aliphatic hydroxyl groups is 1. The van der Waals surface area contributed by atoms with Gasteiger partial charge in [0, 0.05) is 12.6 Å². The van der Waals surface area contributed by atoms with Crippen molar-refractivity contribution in [1.82, 2.24) is 15.0 Å². The van der Waals surface area contributed by atoms with Crippen molar-refractivity contribution in [1.29, 1.82) is 0 Å². The van der Waals surface area contributed by atoms with Crippen LogP contribution in [-0.2, 0) is 11.4 Å². The molecule has 1 aliphatic heterocycles. The van der Waals surface area contributed by atoms with Crippen molar-refractivity contribution < 1.29 is 37.4 Å². The third kappa shape index (κ3) is 5.43. The lowest BCUT2D eigenvalue weighted by Gasteiger charge is -2.51. The van der Waals surface area contributed by atoms with Gasteiger partial charge in [0.2, 0.25) is 11.7 Å². The van der Waals surface area contributed by atoms with Gasteiger partial charge in [0.05, 0.1) is 14.2 Å². The number of methoxy groups -OCH3 is 2. The number of halogens is 2. The first kappa shape index (κ1) is 28.1. The summed E-state index contributed by atoms with van der Waals surface area (Å²) in [5.41, 5.74) is -3.53. The van der Waals surface area contributed by atoms with Crippen LogP contribution in [0.1, 0.15) is 77.6 Å². The van der Waals surface area contributed by atoms with Crippen LogP contribution in [0.2, 0.25) is 0 Å². The molecule has 1 aliphatic carbocycles. The number of hydrogen-bond acceptors (Lipinski definition) is 8. The van der Waals surface area contributed by atoms with Crippen LogP contribution in [0, 0.1) is 10.8 Å². The normalized spacial score (nSPS) is 22.2. The zero-order valence-electron chi connectivity index (χ0n) is 22.8. The number of aromatic nitrogens is 2. The molecule has 4 rings (SSSR count). The molecule has 9 nitrogen and oxygen atoms in total. The fourth-order valence-electron chi connectivity index (χ4n) is 6.45. The Kier molecular flexibility index (Phi) is 7.37. The maximum absolute atomic E-state index is 15.8. The van der Waals surface area contributed by atoms with Crippen LogP contribution in [0.5, 0.6) is 17.2 Å². The Balaban J connectivity index is 1.48. The molecule has 2 heterocycles. The molecule has 1 saturated carbocycles. The van der Waals surface area contributed by atoms with Crippen molar-refractivity contribution in [2.45, 2.75) is 84.0 Å². The summed E-state index contributed by atoms with van der Waals surface area (Å²) < 4.78 is 53.1. The van der Waals surface area contributed by atoms with Gasteiger partial charge in [0.25, 0.3) is 5.91 Å². The summed E-state index contributed by atoms with van der Waals surface area (Å²) >= 11 is 0. The second-order valence-electron chi connectivity index (χ2n) is 12.0. The van der Waals surface area contributed by atoms with E-state index in [4.69, 9.17) is 18.7 Å². The summed E-state index contributed by atoms with van der Waals surface area (Å²) in [6.45, 7) is 7.47. The van der Waals surface area contributed by atoms with Crippen LogP contribution in [0.15, 0.2) is 22.7 Å². The van der Waals surface area contributed by atoms with E-state index in [0.29, 0.717) is 36.5 Å². The average molecular weight is 538 g/mol. The topological polar surface area (TPSA) is 107 Å². The first-order valence-corrected chi connectivity index (χ1v) is 12.8. The maximum atomic E-state index is 15.8. The molecule has 1 amide bonds. The molecule has 2 aliphatic rings. The van der Waals surface area contributed by atoms with Crippen LogP contribution >= 0.6 is 0 Å². The van der Waals surface area contributed by atoms with E-state index in [1.165, 1.54) is 14.2 Å². The lowest BCUT2D eigenvalue weighted by molar-refractivity contribution is -0.231. The molecule has 11 heteroatoms. The van der Waals surface area contributed by atoms with Gasteiger partial charge in [-0.1, -0.05) is 32.9 Å². The van der Waals surface area contributed by atoms with Crippen molar-refractivity contribution >= 4 is 5.91 Å². The fraction of sp³-hybridized carbons (Fsp3) is 0.667. The van der Waals surface area contributed by atoms with Gasteiger partial charge in [-0.2, -0.15) is 13.8 Å². The zero-order chi connectivity index (χ0) is 27.9. The van der Waals surface area contributed by atoms with Crippen molar-refractivity contribution in [2.75, 3.05) is 20.8 Å². The number of carbonyl (C=O) groups is 1. The van der Waals surface area contributed by atoms with Gasteiger partial charge in [0.1, 0.15) is 17.4 Å². The molecule has 1 aromatic carbocycles. The quantitative estimate of drug-likeness (QED) is 0.505. The minimum Gasteiger partial charge on any atom is -0.493 e. The van der Waals surface area contributed by atoms with Gasteiger partial charge in [-0.25, -0.2) is 0 Å². The number of nitrogens with zero attached hydrogens (tertiary/aromatic N) is 3. The monoisotopic (exact) mass is 537 g/mol. The van der Waals surface area contributed by atoms with Gasteiger partial charge in [0.15, 0.2) is 18.1 Å². The minimum atomic E-state index is -3.97. The third-order valence-corrected chi connectivity index (χ3v) is 7.36. The highest BCUT2D eigenvalue weighted by atomic mass is 19.3. The Bertz CT molecular complexity index is 1150. The van der Waals surface area contributed by atoms with E-state index >= 15 is 8.78 Å². The molecule has 38 heavy (non-hydrogen) atoms. The first-order chi connectivity index (χ1) is 17.7. The predicted molar refractivity (Wildman–Crippen MR) is 133 cm³/mol. The van der Waals surface area contributed by atoms with Gasteiger partial charge in [-0.05, 0) is 55.1 Å². The Labute approximate surface area is 221 Å². The molecule has 0 radical (unpaired) electrons.